The molecular formula is C17H19NO3. The van der Waals surface area contributed by atoms with Gasteiger partial charge in [0.1, 0.15) is 11.8 Å². The molecule has 0 saturated carbocycles. The molecule has 21 heavy (non-hydrogen) atoms. The summed E-state index contributed by atoms with van der Waals surface area (Å²) in [5, 5.41) is 0. The first kappa shape index (κ1) is 15.1. The van der Waals surface area contributed by atoms with Crippen LogP contribution in [-0.2, 0) is 16.0 Å². The van der Waals surface area contributed by atoms with Gasteiger partial charge >= 0.3 is 5.97 Å². The molecule has 0 aliphatic carbocycles. The Morgan fingerprint density at radius 1 is 1.00 bits per heavy atom. The minimum absolute atomic E-state index is 0.394. The minimum atomic E-state index is -0.623. The fraction of sp³-hybridized carbons (Fsp3) is 0.235. The third-order valence-electron chi connectivity index (χ3n) is 3.34. The summed E-state index contributed by atoms with van der Waals surface area (Å²) in [4.78, 5) is 11.3. The van der Waals surface area contributed by atoms with Crippen LogP contribution in [0.4, 0.5) is 0 Å². The lowest BCUT2D eigenvalue weighted by Crippen LogP contribution is -2.33. The maximum absolute atomic E-state index is 11.3. The molecule has 0 radical (unpaired) electrons. The van der Waals surface area contributed by atoms with Gasteiger partial charge in [0.2, 0.25) is 0 Å². The van der Waals surface area contributed by atoms with Crippen LogP contribution in [-0.4, -0.2) is 26.2 Å². The van der Waals surface area contributed by atoms with Crippen LogP contribution in [0.5, 0.6) is 5.75 Å². The quantitative estimate of drug-likeness (QED) is 0.857. The molecule has 0 aliphatic rings. The molecular weight excluding hydrogens is 266 g/mol. The maximum atomic E-state index is 11.3. The molecule has 0 saturated heterocycles. The number of methoxy groups -OCH3 is 2. The highest BCUT2D eigenvalue weighted by Gasteiger charge is 2.14. The standard InChI is InChI=1S/C17H19NO3/c1-20-15-9-7-14(8-10-15)13-5-3-12(4-6-13)11-16(18)17(19)21-2/h3-10,16H,11,18H2,1-2H3. The van der Waals surface area contributed by atoms with E-state index >= 15 is 0 Å². The summed E-state index contributed by atoms with van der Waals surface area (Å²) < 4.78 is 9.77. The van der Waals surface area contributed by atoms with Crippen molar-refractivity contribution in [2.75, 3.05) is 14.2 Å². The predicted molar refractivity (Wildman–Crippen MR) is 82.1 cm³/mol. The van der Waals surface area contributed by atoms with E-state index in [0.29, 0.717) is 6.42 Å². The van der Waals surface area contributed by atoms with Crippen molar-refractivity contribution in [1.82, 2.24) is 0 Å². The first-order valence-electron chi connectivity index (χ1n) is 6.71. The molecule has 2 aromatic carbocycles. The molecule has 2 aromatic rings. The van der Waals surface area contributed by atoms with Gasteiger partial charge in [-0.25, -0.2) is 0 Å². The zero-order valence-electron chi connectivity index (χ0n) is 12.2. The van der Waals surface area contributed by atoms with Crippen molar-refractivity contribution in [3.63, 3.8) is 0 Å². The lowest BCUT2D eigenvalue weighted by atomic mass is 10.0. The highest BCUT2D eigenvalue weighted by atomic mass is 16.5. The third-order valence-corrected chi connectivity index (χ3v) is 3.34. The average Bonchev–Trinajstić information content (AvgIpc) is 2.55. The van der Waals surface area contributed by atoms with Crippen molar-refractivity contribution in [2.45, 2.75) is 12.5 Å². The molecule has 0 bridgehead atoms. The smallest absolute Gasteiger partial charge is 0.322 e. The predicted octanol–water partition coefficient (Wildman–Crippen LogP) is 2.41. The average molecular weight is 285 g/mol. The lowest BCUT2D eigenvalue weighted by Gasteiger charge is -2.10. The van der Waals surface area contributed by atoms with Crippen LogP contribution in [0, 0.1) is 0 Å². The van der Waals surface area contributed by atoms with Gasteiger partial charge in [-0.15, -0.1) is 0 Å². The molecule has 110 valence electrons. The van der Waals surface area contributed by atoms with Crippen LogP contribution in [0.1, 0.15) is 5.56 Å². The second kappa shape index (κ2) is 6.90. The van der Waals surface area contributed by atoms with Gasteiger partial charge in [0.15, 0.2) is 0 Å². The molecule has 0 aliphatic heterocycles. The molecule has 4 nitrogen and oxygen atoms in total. The topological polar surface area (TPSA) is 61.5 Å². The number of ether oxygens (including phenoxy) is 2. The summed E-state index contributed by atoms with van der Waals surface area (Å²) in [6.45, 7) is 0. The number of hydrogen-bond donors (Lipinski definition) is 1. The maximum Gasteiger partial charge on any atom is 0.322 e. The Kier molecular flexibility index (Phi) is 4.95. The van der Waals surface area contributed by atoms with E-state index in [1.807, 2.05) is 48.5 Å². The van der Waals surface area contributed by atoms with Crippen LogP contribution in [0.2, 0.25) is 0 Å². The Hall–Kier alpha value is -2.33. The minimum Gasteiger partial charge on any atom is -0.497 e. The van der Waals surface area contributed by atoms with E-state index in [9.17, 15) is 4.79 Å². The molecule has 1 atom stereocenters. The molecule has 4 heteroatoms. The van der Waals surface area contributed by atoms with Gasteiger partial charge in [0, 0.05) is 0 Å². The highest BCUT2D eigenvalue weighted by molar-refractivity contribution is 5.75. The van der Waals surface area contributed by atoms with E-state index in [2.05, 4.69) is 4.74 Å². The Labute approximate surface area is 124 Å². The van der Waals surface area contributed by atoms with E-state index in [1.165, 1.54) is 7.11 Å². The Morgan fingerprint density at radius 3 is 2.00 bits per heavy atom. The summed E-state index contributed by atoms with van der Waals surface area (Å²) in [7, 11) is 2.99. The lowest BCUT2D eigenvalue weighted by molar-refractivity contribution is -0.142. The molecule has 1 unspecified atom stereocenters. The molecule has 0 heterocycles. The molecule has 2 N–H and O–H groups in total. The van der Waals surface area contributed by atoms with Crippen molar-refractivity contribution in [2.24, 2.45) is 5.73 Å². The van der Waals surface area contributed by atoms with Gasteiger partial charge in [0.05, 0.1) is 14.2 Å². The third kappa shape index (κ3) is 3.83. The first-order chi connectivity index (χ1) is 10.1. The SMILES string of the molecule is COC(=O)C(N)Cc1ccc(-c2ccc(OC)cc2)cc1. The largest absolute Gasteiger partial charge is 0.497 e. The fourth-order valence-electron chi connectivity index (χ4n) is 2.11. The Balaban J connectivity index is 2.09. The monoisotopic (exact) mass is 285 g/mol. The molecule has 0 spiro atoms. The number of hydrogen-bond acceptors (Lipinski definition) is 4. The summed E-state index contributed by atoms with van der Waals surface area (Å²) >= 11 is 0. The van der Waals surface area contributed by atoms with E-state index in [1.54, 1.807) is 7.11 Å². The van der Waals surface area contributed by atoms with E-state index in [-0.39, 0.29) is 0 Å². The Bertz CT molecular complexity index is 590. The fourth-order valence-corrected chi connectivity index (χ4v) is 2.11. The van der Waals surface area contributed by atoms with Crippen LogP contribution >= 0.6 is 0 Å². The number of benzene rings is 2. The van der Waals surface area contributed by atoms with Gasteiger partial charge in [-0.1, -0.05) is 36.4 Å². The number of esters is 1. The zero-order valence-corrected chi connectivity index (χ0v) is 12.2. The van der Waals surface area contributed by atoms with Gasteiger partial charge in [-0.05, 0) is 35.2 Å². The second-order valence-corrected chi connectivity index (χ2v) is 4.76. The molecule has 0 amide bonds. The van der Waals surface area contributed by atoms with Crippen molar-refractivity contribution in [3.05, 3.63) is 54.1 Å². The van der Waals surface area contributed by atoms with Crippen molar-refractivity contribution < 1.29 is 14.3 Å². The van der Waals surface area contributed by atoms with Crippen molar-refractivity contribution >= 4 is 5.97 Å². The van der Waals surface area contributed by atoms with Gasteiger partial charge in [0.25, 0.3) is 0 Å². The summed E-state index contributed by atoms with van der Waals surface area (Å²) in [5.41, 5.74) is 8.97. The number of carbonyl (C=O) groups is 1. The van der Waals surface area contributed by atoms with Crippen LogP contribution in [0.3, 0.4) is 0 Å². The normalized spacial score (nSPS) is 11.8. The molecule has 0 aromatic heterocycles. The van der Waals surface area contributed by atoms with E-state index in [0.717, 1.165) is 22.4 Å². The van der Waals surface area contributed by atoms with Crippen molar-refractivity contribution in [1.29, 1.82) is 0 Å². The Morgan fingerprint density at radius 2 is 1.52 bits per heavy atom. The van der Waals surface area contributed by atoms with Crippen LogP contribution < -0.4 is 10.5 Å². The first-order valence-corrected chi connectivity index (χ1v) is 6.71. The van der Waals surface area contributed by atoms with Gasteiger partial charge in [-0.3, -0.25) is 4.79 Å². The number of rotatable bonds is 5. The highest BCUT2D eigenvalue weighted by Crippen LogP contribution is 2.22. The molecule has 0 fully saturated rings. The summed E-state index contributed by atoms with van der Waals surface area (Å²) in [6, 6.07) is 15.2. The van der Waals surface area contributed by atoms with E-state index < -0.39 is 12.0 Å². The summed E-state index contributed by atoms with van der Waals surface area (Å²) in [6.07, 6.45) is 0.468. The number of nitrogens with two attached hydrogens (primary N) is 1. The van der Waals surface area contributed by atoms with Crippen LogP contribution in [0.15, 0.2) is 48.5 Å². The van der Waals surface area contributed by atoms with Gasteiger partial charge in [-0.2, -0.15) is 0 Å². The van der Waals surface area contributed by atoms with E-state index in [4.69, 9.17) is 10.5 Å². The molecule has 2 rings (SSSR count). The van der Waals surface area contributed by atoms with Gasteiger partial charge < -0.3 is 15.2 Å². The second-order valence-electron chi connectivity index (χ2n) is 4.76. The number of carbonyl (C=O) groups excluding carboxylic acids is 1. The van der Waals surface area contributed by atoms with Crippen LogP contribution in [0.25, 0.3) is 11.1 Å². The van der Waals surface area contributed by atoms with Crippen molar-refractivity contribution in [3.8, 4) is 16.9 Å². The zero-order chi connectivity index (χ0) is 15.2. The summed E-state index contributed by atoms with van der Waals surface area (Å²) in [5.74, 6) is 0.439.